The highest BCUT2D eigenvalue weighted by atomic mass is 16.5. The minimum atomic E-state index is -0.0981. The fraction of sp³-hybridized carbons (Fsp3) is 0.333. The van der Waals surface area contributed by atoms with Crippen molar-refractivity contribution in [3.8, 4) is 11.4 Å². The normalized spacial score (nSPS) is 16.7. The summed E-state index contributed by atoms with van der Waals surface area (Å²) in [6.07, 6.45) is 2.40. The number of methoxy groups -OCH3 is 1. The number of fused-ring (bicyclic) bond motifs is 1. The summed E-state index contributed by atoms with van der Waals surface area (Å²) < 4.78 is 12.8. The Morgan fingerprint density at radius 2 is 2.04 bits per heavy atom. The summed E-state index contributed by atoms with van der Waals surface area (Å²) in [4.78, 5) is 18.0. The van der Waals surface area contributed by atoms with Crippen molar-refractivity contribution in [3.05, 3.63) is 64.7 Å². The zero-order valence-electron chi connectivity index (χ0n) is 15.4. The molecule has 1 saturated heterocycles. The van der Waals surface area contributed by atoms with Crippen LogP contribution in [0.1, 0.15) is 18.7 Å². The van der Waals surface area contributed by atoms with Crippen LogP contribution in [0.25, 0.3) is 16.6 Å². The number of nitrogens with one attached hydrogen (secondary N) is 1. The molecule has 1 fully saturated rings. The molecule has 1 N–H and O–H groups in total. The van der Waals surface area contributed by atoms with Gasteiger partial charge in [-0.25, -0.2) is 4.98 Å². The number of para-hydroxylation sites is 3. The molecule has 1 aliphatic rings. The zero-order chi connectivity index (χ0) is 18.6. The summed E-state index contributed by atoms with van der Waals surface area (Å²) in [5.41, 5.74) is 1.29. The molecular weight excluding hydrogens is 342 g/mol. The number of rotatable bonds is 6. The standard InChI is InChI=1S/C21H23N3O3/c1-26-19-11-5-4-10-18(19)24-20(14-22-13-15-7-6-12-27-15)23-17-9-3-2-8-16(17)21(24)25/h2-5,8-11,15,22H,6-7,12-14H2,1H3/t15-/m0/s1. The average molecular weight is 365 g/mol. The first-order valence-corrected chi connectivity index (χ1v) is 9.24. The van der Waals surface area contributed by atoms with Gasteiger partial charge in [0.25, 0.3) is 5.56 Å². The van der Waals surface area contributed by atoms with Crippen molar-refractivity contribution in [1.29, 1.82) is 0 Å². The first-order valence-electron chi connectivity index (χ1n) is 9.24. The van der Waals surface area contributed by atoms with E-state index in [1.54, 1.807) is 17.7 Å². The molecule has 1 aromatic heterocycles. The van der Waals surface area contributed by atoms with Gasteiger partial charge in [0.15, 0.2) is 0 Å². The van der Waals surface area contributed by atoms with Crippen molar-refractivity contribution in [1.82, 2.24) is 14.9 Å². The van der Waals surface area contributed by atoms with Crippen molar-refractivity contribution in [2.75, 3.05) is 20.3 Å². The van der Waals surface area contributed by atoms with Gasteiger partial charge in [-0.05, 0) is 37.1 Å². The van der Waals surface area contributed by atoms with Gasteiger partial charge in [-0.3, -0.25) is 9.36 Å². The van der Waals surface area contributed by atoms with Gasteiger partial charge in [0, 0.05) is 13.2 Å². The number of benzene rings is 2. The number of ether oxygens (including phenoxy) is 2. The number of hydrogen-bond donors (Lipinski definition) is 1. The smallest absolute Gasteiger partial charge is 0.266 e. The number of nitrogens with zero attached hydrogens (tertiary/aromatic N) is 2. The van der Waals surface area contributed by atoms with E-state index in [9.17, 15) is 4.79 Å². The Morgan fingerprint density at radius 1 is 1.22 bits per heavy atom. The fourth-order valence-corrected chi connectivity index (χ4v) is 3.51. The van der Waals surface area contributed by atoms with Gasteiger partial charge in [0.2, 0.25) is 0 Å². The maximum atomic E-state index is 13.3. The highest BCUT2D eigenvalue weighted by molar-refractivity contribution is 5.78. The van der Waals surface area contributed by atoms with Crippen LogP contribution in [0.15, 0.2) is 53.3 Å². The number of hydrogen-bond acceptors (Lipinski definition) is 5. The van der Waals surface area contributed by atoms with Crippen LogP contribution in [-0.2, 0) is 11.3 Å². The highest BCUT2D eigenvalue weighted by Crippen LogP contribution is 2.23. The Morgan fingerprint density at radius 3 is 2.85 bits per heavy atom. The fourth-order valence-electron chi connectivity index (χ4n) is 3.51. The van der Waals surface area contributed by atoms with E-state index in [0.717, 1.165) is 26.0 Å². The second kappa shape index (κ2) is 7.90. The molecule has 140 valence electrons. The maximum Gasteiger partial charge on any atom is 0.266 e. The highest BCUT2D eigenvalue weighted by Gasteiger charge is 2.18. The molecule has 6 heteroatoms. The minimum absolute atomic E-state index is 0.0981. The van der Waals surface area contributed by atoms with E-state index in [4.69, 9.17) is 14.5 Å². The SMILES string of the molecule is COc1ccccc1-n1c(CNC[C@@H]2CCCO2)nc2ccccc2c1=O. The lowest BCUT2D eigenvalue weighted by Gasteiger charge is -2.17. The average Bonchev–Trinajstić information content (AvgIpc) is 3.22. The van der Waals surface area contributed by atoms with Crippen LogP contribution in [0.2, 0.25) is 0 Å². The third kappa shape index (κ3) is 3.59. The monoisotopic (exact) mass is 365 g/mol. The lowest BCUT2D eigenvalue weighted by Crippen LogP contribution is -2.31. The Labute approximate surface area is 157 Å². The van der Waals surface area contributed by atoms with E-state index >= 15 is 0 Å². The Hall–Kier alpha value is -2.70. The molecule has 0 aliphatic carbocycles. The van der Waals surface area contributed by atoms with E-state index in [0.29, 0.717) is 34.7 Å². The van der Waals surface area contributed by atoms with E-state index in [1.165, 1.54) is 0 Å². The van der Waals surface area contributed by atoms with Crippen molar-refractivity contribution in [2.45, 2.75) is 25.5 Å². The van der Waals surface area contributed by atoms with Gasteiger partial charge < -0.3 is 14.8 Å². The largest absolute Gasteiger partial charge is 0.495 e. The molecule has 0 unspecified atom stereocenters. The van der Waals surface area contributed by atoms with Crippen molar-refractivity contribution < 1.29 is 9.47 Å². The Bertz CT molecular complexity index is 993. The van der Waals surface area contributed by atoms with E-state index in [-0.39, 0.29) is 11.7 Å². The lowest BCUT2D eigenvalue weighted by atomic mass is 10.2. The van der Waals surface area contributed by atoms with Crippen molar-refractivity contribution in [2.24, 2.45) is 0 Å². The van der Waals surface area contributed by atoms with E-state index in [1.807, 2.05) is 42.5 Å². The molecule has 6 nitrogen and oxygen atoms in total. The molecule has 0 radical (unpaired) electrons. The van der Waals surface area contributed by atoms with Crippen LogP contribution < -0.4 is 15.6 Å². The molecule has 4 rings (SSSR count). The predicted octanol–water partition coefficient (Wildman–Crippen LogP) is 2.66. The van der Waals surface area contributed by atoms with Crippen LogP contribution in [0.3, 0.4) is 0 Å². The molecule has 27 heavy (non-hydrogen) atoms. The van der Waals surface area contributed by atoms with Crippen molar-refractivity contribution in [3.63, 3.8) is 0 Å². The first-order chi connectivity index (χ1) is 13.3. The molecule has 2 aromatic carbocycles. The molecular formula is C21H23N3O3. The third-order valence-electron chi connectivity index (χ3n) is 4.85. The van der Waals surface area contributed by atoms with E-state index in [2.05, 4.69) is 5.32 Å². The summed E-state index contributed by atoms with van der Waals surface area (Å²) in [6, 6.07) is 14.9. The minimum Gasteiger partial charge on any atom is -0.495 e. The first kappa shape index (κ1) is 17.7. The van der Waals surface area contributed by atoms with Crippen LogP contribution in [-0.4, -0.2) is 35.9 Å². The molecule has 1 aliphatic heterocycles. The quantitative estimate of drug-likeness (QED) is 0.728. The van der Waals surface area contributed by atoms with Gasteiger partial charge in [-0.1, -0.05) is 24.3 Å². The van der Waals surface area contributed by atoms with Gasteiger partial charge in [0.05, 0.1) is 36.3 Å². The van der Waals surface area contributed by atoms with Crippen LogP contribution in [0.5, 0.6) is 5.75 Å². The second-order valence-corrected chi connectivity index (χ2v) is 6.62. The summed E-state index contributed by atoms with van der Waals surface area (Å²) in [5, 5.41) is 3.98. The molecule has 2 heterocycles. The zero-order valence-corrected chi connectivity index (χ0v) is 15.4. The summed E-state index contributed by atoms with van der Waals surface area (Å²) in [5.74, 6) is 1.29. The predicted molar refractivity (Wildman–Crippen MR) is 105 cm³/mol. The van der Waals surface area contributed by atoms with Crippen LogP contribution >= 0.6 is 0 Å². The van der Waals surface area contributed by atoms with Crippen LogP contribution in [0, 0.1) is 0 Å². The molecule has 0 bridgehead atoms. The molecule has 0 saturated carbocycles. The number of aromatic nitrogens is 2. The maximum absolute atomic E-state index is 13.3. The summed E-state index contributed by atoms with van der Waals surface area (Å²) in [6.45, 7) is 2.04. The topological polar surface area (TPSA) is 65.4 Å². The van der Waals surface area contributed by atoms with Gasteiger partial charge in [-0.15, -0.1) is 0 Å². The molecule has 0 spiro atoms. The van der Waals surface area contributed by atoms with Crippen molar-refractivity contribution >= 4 is 10.9 Å². The van der Waals surface area contributed by atoms with E-state index < -0.39 is 0 Å². The van der Waals surface area contributed by atoms with Gasteiger partial charge in [0.1, 0.15) is 11.6 Å². The second-order valence-electron chi connectivity index (χ2n) is 6.62. The molecule has 1 atom stereocenters. The molecule has 3 aromatic rings. The molecule has 0 amide bonds. The summed E-state index contributed by atoms with van der Waals surface area (Å²) >= 11 is 0. The Kier molecular flexibility index (Phi) is 5.18. The summed E-state index contributed by atoms with van der Waals surface area (Å²) in [7, 11) is 1.60. The third-order valence-corrected chi connectivity index (χ3v) is 4.85. The lowest BCUT2D eigenvalue weighted by molar-refractivity contribution is 0.109. The van der Waals surface area contributed by atoms with Gasteiger partial charge >= 0.3 is 0 Å². The van der Waals surface area contributed by atoms with Crippen LogP contribution in [0.4, 0.5) is 0 Å². The van der Waals surface area contributed by atoms with Gasteiger partial charge in [-0.2, -0.15) is 0 Å². The Balaban J connectivity index is 1.76.